The normalized spacial score (nSPS) is 11.9. The lowest BCUT2D eigenvalue weighted by molar-refractivity contribution is 0.469. The molecule has 3 aromatic rings. The Morgan fingerprint density at radius 2 is 1.81 bits per heavy atom. The molecular formula is C19H22N2. The summed E-state index contributed by atoms with van der Waals surface area (Å²) in [5.74, 6) is 0. The van der Waals surface area contributed by atoms with Crippen molar-refractivity contribution in [1.82, 2.24) is 10.3 Å². The quantitative estimate of drug-likeness (QED) is 0.718. The average Bonchev–Trinajstić information content (AvgIpc) is 2.95. The van der Waals surface area contributed by atoms with E-state index < -0.39 is 0 Å². The van der Waals surface area contributed by atoms with Gasteiger partial charge in [-0.15, -0.1) is 0 Å². The molecule has 0 spiro atoms. The van der Waals surface area contributed by atoms with Gasteiger partial charge < -0.3 is 10.3 Å². The van der Waals surface area contributed by atoms with Gasteiger partial charge in [0, 0.05) is 30.2 Å². The summed E-state index contributed by atoms with van der Waals surface area (Å²) < 4.78 is 0. The minimum absolute atomic E-state index is 0.137. The zero-order chi connectivity index (χ0) is 14.7. The Kier molecular flexibility index (Phi) is 3.80. The first-order valence-corrected chi connectivity index (χ1v) is 7.47. The van der Waals surface area contributed by atoms with Crippen LogP contribution in [0.1, 0.15) is 25.0 Å². The van der Waals surface area contributed by atoms with Crippen molar-refractivity contribution in [3.8, 4) is 0 Å². The molecule has 0 aliphatic heterocycles. The van der Waals surface area contributed by atoms with Gasteiger partial charge in [-0.1, -0.05) is 56.3 Å². The Balaban J connectivity index is 1.62. The molecule has 0 saturated heterocycles. The zero-order valence-electron chi connectivity index (χ0n) is 12.7. The second-order valence-electron chi connectivity index (χ2n) is 6.25. The predicted octanol–water partition coefficient (Wildman–Crippen LogP) is 4.24. The van der Waals surface area contributed by atoms with Crippen molar-refractivity contribution in [3.05, 3.63) is 71.9 Å². The lowest BCUT2D eigenvalue weighted by Gasteiger charge is -2.25. The SMILES string of the molecule is CC(C)(CNCc1ccc2cc[nH]c2c1)c1ccccc1. The molecule has 2 N–H and O–H groups in total. The summed E-state index contributed by atoms with van der Waals surface area (Å²) in [7, 11) is 0. The van der Waals surface area contributed by atoms with Crippen LogP contribution in [0, 0.1) is 0 Å². The number of benzene rings is 2. The van der Waals surface area contributed by atoms with Crippen LogP contribution in [0.15, 0.2) is 60.8 Å². The van der Waals surface area contributed by atoms with E-state index in [1.165, 1.54) is 22.0 Å². The molecule has 0 bridgehead atoms. The van der Waals surface area contributed by atoms with Crippen molar-refractivity contribution in [1.29, 1.82) is 0 Å². The molecule has 0 fully saturated rings. The average molecular weight is 278 g/mol. The van der Waals surface area contributed by atoms with Crippen molar-refractivity contribution in [3.63, 3.8) is 0 Å². The molecule has 2 heteroatoms. The fraction of sp³-hybridized carbons (Fsp3) is 0.263. The van der Waals surface area contributed by atoms with Crippen LogP contribution >= 0.6 is 0 Å². The molecule has 0 unspecified atom stereocenters. The summed E-state index contributed by atoms with van der Waals surface area (Å²) in [6.07, 6.45) is 1.99. The summed E-state index contributed by atoms with van der Waals surface area (Å²) >= 11 is 0. The van der Waals surface area contributed by atoms with Crippen LogP contribution in [-0.4, -0.2) is 11.5 Å². The Morgan fingerprint density at radius 1 is 1.00 bits per heavy atom. The molecule has 108 valence electrons. The van der Waals surface area contributed by atoms with Crippen LogP contribution in [0.2, 0.25) is 0 Å². The van der Waals surface area contributed by atoms with Crippen molar-refractivity contribution in [2.45, 2.75) is 25.8 Å². The van der Waals surface area contributed by atoms with Gasteiger partial charge in [0.1, 0.15) is 0 Å². The summed E-state index contributed by atoms with van der Waals surface area (Å²) in [6, 6.07) is 19.4. The summed E-state index contributed by atoms with van der Waals surface area (Å²) in [5.41, 5.74) is 4.03. The number of rotatable bonds is 5. The molecule has 0 radical (unpaired) electrons. The van der Waals surface area contributed by atoms with Gasteiger partial charge in [0.05, 0.1) is 0 Å². The van der Waals surface area contributed by atoms with Gasteiger partial charge in [-0.05, 0) is 28.6 Å². The monoisotopic (exact) mass is 278 g/mol. The van der Waals surface area contributed by atoms with Crippen molar-refractivity contribution < 1.29 is 0 Å². The zero-order valence-corrected chi connectivity index (χ0v) is 12.7. The molecule has 0 aliphatic rings. The third-order valence-electron chi connectivity index (χ3n) is 4.07. The maximum Gasteiger partial charge on any atom is 0.0457 e. The fourth-order valence-corrected chi connectivity index (χ4v) is 2.72. The second-order valence-corrected chi connectivity index (χ2v) is 6.25. The third-order valence-corrected chi connectivity index (χ3v) is 4.07. The Hall–Kier alpha value is -2.06. The van der Waals surface area contributed by atoms with Gasteiger partial charge in [-0.3, -0.25) is 0 Å². The van der Waals surface area contributed by atoms with E-state index in [-0.39, 0.29) is 5.41 Å². The summed E-state index contributed by atoms with van der Waals surface area (Å²) in [6.45, 7) is 6.41. The lowest BCUT2D eigenvalue weighted by atomic mass is 9.84. The van der Waals surface area contributed by atoms with E-state index in [4.69, 9.17) is 0 Å². The molecule has 21 heavy (non-hydrogen) atoms. The first kappa shape index (κ1) is 13.9. The molecular weight excluding hydrogens is 256 g/mol. The fourth-order valence-electron chi connectivity index (χ4n) is 2.72. The first-order chi connectivity index (χ1) is 10.1. The van der Waals surface area contributed by atoms with E-state index in [0.717, 1.165) is 13.1 Å². The highest BCUT2D eigenvalue weighted by molar-refractivity contribution is 5.79. The van der Waals surface area contributed by atoms with Gasteiger partial charge >= 0.3 is 0 Å². The molecule has 0 aliphatic carbocycles. The number of nitrogens with one attached hydrogen (secondary N) is 2. The number of aromatic nitrogens is 1. The number of hydrogen-bond acceptors (Lipinski definition) is 1. The van der Waals surface area contributed by atoms with Crippen molar-refractivity contribution in [2.75, 3.05) is 6.54 Å². The minimum Gasteiger partial charge on any atom is -0.361 e. The number of fused-ring (bicyclic) bond motifs is 1. The Labute approximate surface area is 126 Å². The Bertz CT molecular complexity index is 711. The smallest absolute Gasteiger partial charge is 0.0457 e. The third kappa shape index (κ3) is 3.17. The maximum absolute atomic E-state index is 3.58. The van der Waals surface area contributed by atoms with Crippen LogP contribution in [0.5, 0.6) is 0 Å². The summed E-state index contributed by atoms with van der Waals surface area (Å²) in [4.78, 5) is 3.26. The number of aromatic amines is 1. The topological polar surface area (TPSA) is 27.8 Å². The maximum atomic E-state index is 3.58. The van der Waals surface area contributed by atoms with Gasteiger partial charge in [0.2, 0.25) is 0 Å². The molecule has 2 aromatic carbocycles. The van der Waals surface area contributed by atoms with E-state index in [0.29, 0.717) is 0 Å². The van der Waals surface area contributed by atoms with Gasteiger partial charge in [0.25, 0.3) is 0 Å². The van der Waals surface area contributed by atoms with Gasteiger partial charge in [-0.2, -0.15) is 0 Å². The van der Waals surface area contributed by atoms with Crippen LogP contribution in [0.4, 0.5) is 0 Å². The molecule has 2 nitrogen and oxygen atoms in total. The van der Waals surface area contributed by atoms with Gasteiger partial charge in [0.15, 0.2) is 0 Å². The largest absolute Gasteiger partial charge is 0.361 e. The van der Waals surface area contributed by atoms with Crippen LogP contribution in [-0.2, 0) is 12.0 Å². The predicted molar refractivity (Wildman–Crippen MR) is 89.5 cm³/mol. The first-order valence-electron chi connectivity index (χ1n) is 7.47. The van der Waals surface area contributed by atoms with Gasteiger partial charge in [-0.25, -0.2) is 0 Å². The minimum atomic E-state index is 0.137. The molecule has 1 aromatic heterocycles. The highest BCUT2D eigenvalue weighted by Crippen LogP contribution is 2.22. The molecule has 3 rings (SSSR count). The highest BCUT2D eigenvalue weighted by atomic mass is 14.9. The number of H-pyrrole nitrogens is 1. The summed E-state index contributed by atoms with van der Waals surface area (Å²) in [5, 5.41) is 4.85. The molecule has 0 amide bonds. The molecule has 1 heterocycles. The Morgan fingerprint density at radius 3 is 2.62 bits per heavy atom. The van der Waals surface area contributed by atoms with Crippen LogP contribution in [0.3, 0.4) is 0 Å². The van der Waals surface area contributed by atoms with E-state index in [1.54, 1.807) is 0 Å². The van der Waals surface area contributed by atoms with Crippen molar-refractivity contribution >= 4 is 10.9 Å². The number of hydrogen-bond donors (Lipinski definition) is 2. The van der Waals surface area contributed by atoms with Crippen LogP contribution in [0.25, 0.3) is 10.9 Å². The van der Waals surface area contributed by atoms with E-state index in [2.05, 4.69) is 78.7 Å². The molecule has 0 atom stereocenters. The van der Waals surface area contributed by atoms with E-state index in [1.807, 2.05) is 6.20 Å². The second kappa shape index (κ2) is 5.74. The van der Waals surface area contributed by atoms with E-state index in [9.17, 15) is 0 Å². The highest BCUT2D eigenvalue weighted by Gasteiger charge is 2.19. The van der Waals surface area contributed by atoms with Crippen LogP contribution < -0.4 is 5.32 Å². The van der Waals surface area contributed by atoms with Crippen molar-refractivity contribution in [2.24, 2.45) is 0 Å². The van der Waals surface area contributed by atoms with E-state index >= 15 is 0 Å². The standard InChI is InChI=1S/C19H22N2/c1-19(2,17-6-4-3-5-7-17)14-20-13-15-8-9-16-10-11-21-18(16)12-15/h3-12,20-21H,13-14H2,1-2H3. The lowest BCUT2D eigenvalue weighted by Crippen LogP contribution is -2.32. The molecule has 0 saturated carbocycles.